The highest BCUT2D eigenvalue weighted by atomic mass is 16.7. The second-order valence-electron chi connectivity index (χ2n) is 20.3. The second-order valence-corrected chi connectivity index (χ2v) is 20.3. The largest absolute Gasteiger partial charge is 0.479 e. The first-order valence-electron chi connectivity index (χ1n) is 29.3. The molecule has 0 aliphatic carbocycles. The summed E-state index contributed by atoms with van der Waals surface area (Å²) in [5.41, 5.74) is 0. The van der Waals surface area contributed by atoms with Crippen LogP contribution >= 0.6 is 0 Å². The molecule has 6 atom stereocenters. The van der Waals surface area contributed by atoms with Crippen molar-refractivity contribution in [2.75, 3.05) is 13.2 Å². The number of ether oxygens (including phenoxy) is 5. The van der Waals surface area contributed by atoms with Crippen LogP contribution in [0.5, 0.6) is 0 Å². The normalized spacial score (nSPS) is 18.6. The molecule has 1 aliphatic rings. The van der Waals surface area contributed by atoms with E-state index in [1.807, 2.05) is 0 Å². The van der Waals surface area contributed by atoms with E-state index in [0.717, 1.165) is 83.5 Å². The molecular weight excluding hydrogens is 901 g/mol. The Morgan fingerprint density at radius 1 is 0.465 bits per heavy atom. The Morgan fingerprint density at radius 2 is 0.845 bits per heavy atom. The molecule has 0 spiro atoms. The van der Waals surface area contributed by atoms with Crippen molar-refractivity contribution in [3.63, 3.8) is 0 Å². The SMILES string of the molecule is CCCCC/C=C\C/C=C\CCCCCCCC(=O)OCC(COC1OC(C(=O)O)C(O)C(O)C1OC(=O)CCCCCCCCCCCCCCCCC)OC(=O)CCCCCCCCCCCCC. The Bertz CT molecular complexity index is 1340. The Labute approximate surface area is 432 Å². The first-order valence-corrected chi connectivity index (χ1v) is 29.3. The number of hydrogen-bond acceptors (Lipinski definition) is 11. The Hall–Kier alpha value is -2.80. The van der Waals surface area contributed by atoms with E-state index in [0.29, 0.717) is 19.3 Å². The van der Waals surface area contributed by atoms with Gasteiger partial charge >= 0.3 is 23.9 Å². The van der Waals surface area contributed by atoms with Gasteiger partial charge < -0.3 is 39.0 Å². The van der Waals surface area contributed by atoms with Crippen molar-refractivity contribution in [1.29, 1.82) is 0 Å². The highest BCUT2D eigenvalue weighted by Gasteiger charge is 2.50. The zero-order chi connectivity index (χ0) is 51.8. The van der Waals surface area contributed by atoms with Crippen LogP contribution in [0.15, 0.2) is 24.3 Å². The molecule has 0 saturated carbocycles. The number of carboxylic acid groups (broad SMARTS) is 1. The van der Waals surface area contributed by atoms with Gasteiger partial charge in [0, 0.05) is 19.3 Å². The van der Waals surface area contributed by atoms with Crippen molar-refractivity contribution in [3.8, 4) is 0 Å². The molecular formula is C59H106O12. The summed E-state index contributed by atoms with van der Waals surface area (Å²) < 4.78 is 28.4. The van der Waals surface area contributed by atoms with Gasteiger partial charge in [-0.05, 0) is 51.4 Å². The second kappa shape index (κ2) is 48.2. The van der Waals surface area contributed by atoms with Crippen molar-refractivity contribution in [2.24, 2.45) is 0 Å². The van der Waals surface area contributed by atoms with E-state index in [4.69, 9.17) is 23.7 Å². The van der Waals surface area contributed by atoms with Crippen molar-refractivity contribution in [3.05, 3.63) is 24.3 Å². The van der Waals surface area contributed by atoms with Crippen molar-refractivity contribution in [1.82, 2.24) is 0 Å². The van der Waals surface area contributed by atoms with Crippen molar-refractivity contribution >= 4 is 23.9 Å². The molecule has 1 rings (SSSR count). The zero-order valence-corrected chi connectivity index (χ0v) is 45.5. The van der Waals surface area contributed by atoms with Gasteiger partial charge in [0.15, 0.2) is 24.6 Å². The minimum Gasteiger partial charge on any atom is -0.479 e. The lowest BCUT2D eigenvalue weighted by Crippen LogP contribution is -2.61. The summed E-state index contributed by atoms with van der Waals surface area (Å²) in [6.45, 7) is 5.96. The first-order chi connectivity index (χ1) is 34.6. The number of unbranched alkanes of at least 4 members (excludes halogenated alkanes) is 32. The maximum absolute atomic E-state index is 13.1. The summed E-state index contributed by atoms with van der Waals surface area (Å²) in [4.78, 5) is 51.0. The van der Waals surface area contributed by atoms with Crippen molar-refractivity contribution < 1.29 is 58.2 Å². The molecule has 6 unspecified atom stereocenters. The van der Waals surface area contributed by atoms with Crippen LogP contribution in [0.1, 0.15) is 278 Å². The predicted molar refractivity (Wildman–Crippen MR) is 285 cm³/mol. The molecule has 0 aromatic carbocycles. The maximum atomic E-state index is 13.1. The average molecular weight is 1010 g/mol. The number of carbonyl (C=O) groups excluding carboxylic acids is 3. The molecule has 12 heteroatoms. The fraction of sp³-hybridized carbons (Fsp3) is 0.864. The fourth-order valence-corrected chi connectivity index (χ4v) is 8.99. The average Bonchev–Trinajstić information content (AvgIpc) is 3.35. The summed E-state index contributed by atoms with van der Waals surface area (Å²) in [6, 6.07) is 0. The Kier molecular flexibility index (Phi) is 44.9. The van der Waals surface area contributed by atoms with Gasteiger partial charge in [-0.2, -0.15) is 0 Å². The number of esters is 3. The zero-order valence-electron chi connectivity index (χ0n) is 45.5. The van der Waals surface area contributed by atoms with Gasteiger partial charge in [0.05, 0.1) is 6.61 Å². The lowest BCUT2D eigenvalue weighted by atomic mass is 9.98. The number of rotatable bonds is 50. The topological polar surface area (TPSA) is 175 Å². The number of carbonyl (C=O) groups is 4. The number of aliphatic hydroxyl groups excluding tert-OH is 2. The molecule has 3 N–H and O–H groups in total. The van der Waals surface area contributed by atoms with E-state index >= 15 is 0 Å². The molecule has 1 heterocycles. The molecule has 0 radical (unpaired) electrons. The van der Waals surface area contributed by atoms with Crippen LogP contribution in [0.25, 0.3) is 0 Å². The molecule has 0 aromatic heterocycles. The Balaban J connectivity index is 2.68. The van der Waals surface area contributed by atoms with Crippen LogP contribution in [-0.4, -0.2) is 89.2 Å². The minimum atomic E-state index is -1.90. The first kappa shape index (κ1) is 66.2. The molecule has 1 fully saturated rings. The summed E-state index contributed by atoms with van der Waals surface area (Å²) in [5, 5.41) is 31.4. The lowest BCUT2D eigenvalue weighted by molar-refractivity contribution is -0.301. The van der Waals surface area contributed by atoms with Crippen LogP contribution in [0.2, 0.25) is 0 Å². The third-order valence-corrected chi connectivity index (χ3v) is 13.5. The van der Waals surface area contributed by atoms with Gasteiger partial charge in [-0.1, -0.05) is 231 Å². The number of hydrogen-bond donors (Lipinski definition) is 3. The molecule has 0 aromatic rings. The number of aliphatic hydroxyl groups is 2. The van der Waals surface area contributed by atoms with E-state index in [-0.39, 0.29) is 25.9 Å². The highest BCUT2D eigenvalue weighted by Crippen LogP contribution is 2.26. The number of carboxylic acids is 1. The number of aliphatic carboxylic acids is 1. The quantitative estimate of drug-likeness (QED) is 0.0228. The number of allylic oxidation sites excluding steroid dienone is 4. The molecule has 1 saturated heterocycles. The van der Waals surface area contributed by atoms with E-state index in [1.54, 1.807) is 0 Å². The lowest BCUT2D eigenvalue weighted by Gasteiger charge is -2.40. The molecule has 12 nitrogen and oxygen atoms in total. The monoisotopic (exact) mass is 1010 g/mol. The molecule has 71 heavy (non-hydrogen) atoms. The van der Waals surface area contributed by atoms with Crippen LogP contribution in [0, 0.1) is 0 Å². The van der Waals surface area contributed by atoms with Crippen LogP contribution in [-0.2, 0) is 42.9 Å². The maximum Gasteiger partial charge on any atom is 0.335 e. The van der Waals surface area contributed by atoms with Gasteiger partial charge in [-0.3, -0.25) is 14.4 Å². The summed E-state index contributed by atoms with van der Waals surface area (Å²) in [5.74, 6) is -3.11. The van der Waals surface area contributed by atoms with Gasteiger partial charge in [-0.25, -0.2) is 4.79 Å². The van der Waals surface area contributed by atoms with Crippen LogP contribution in [0.4, 0.5) is 0 Å². The van der Waals surface area contributed by atoms with Crippen molar-refractivity contribution in [2.45, 2.75) is 314 Å². The third kappa shape index (κ3) is 38.4. The molecule has 0 amide bonds. The molecule has 414 valence electrons. The van der Waals surface area contributed by atoms with Crippen LogP contribution in [0.3, 0.4) is 0 Å². The van der Waals surface area contributed by atoms with Crippen LogP contribution < -0.4 is 0 Å². The van der Waals surface area contributed by atoms with Gasteiger partial charge in [-0.15, -0.1) is 0 Å². The van der Waals surface area contributed by atoms with E-state index in [9.17, 15) is 34.5 Å². The molecule has 0 bridgehead atoms. The van der Waals surface area contributed by atoms with Gasteiger partial charge in [0.2, 0.25) is 0 Å². The fourth-order valence-electron chi connectivity index (χ4n) is 8.99. The molecule has 1 aliphatic heterocycles. The standard InChI is InChI=1S/C59H106O12/c1-4-7-10-13-16-19-22-24-26-28-31-33-36-39-42-45-51(60)67-48-50(69-52(61)46-43-40-37-34-30-21-18-15-12-9-6-3)49-68-59-57(55(64)54(63)56(71-59)58(65)66)70-53(62)47-44-41-38-35-32-29-27-25-23-20-17-14-11-8-5-2/h16,19,24,26,50,54-57,59,63-64H,4-15,17-18,20-23,25,27-49H2,1-3H3,(H,65,66)/b19-16-,26-24-. The third-order valence-electron chi connectivity index (χ3n) is 13.5. The van der Waals surface area contributed by atoms with Gasteiger partial charge in [0.25, 0.3) is 0 Å². The highest BCUT2D eigenvalue weighted by molar-refractivity contribution is 5.74. The van der Waals surface area contributed by atoms with Gasteiger partial charge in [0.1, 0.15) is 18.8 Å². The smallest absolute Gasteiger partial charge is 0.335 e. The summed E-state index contributed by atoms with van der Waals surface area (Å²) in [7, 11) is 0. The summed E-state index contributed by atoms with van der Waals surface area (Å²) in [6.07, 6.45) is 41.5. The van der Waals surface area contributed by atoms with E-state index < -0.39 is 67.3 Å². The summed E-state index contributed by atoms with van der Waals surface area (Å²) >= 11 is 0. The Morgan fingerprint density at radius 3 is 1.30 bits per heavy atom. The minimum absolute atomic E-state index is 0.0661. The predicted octanol–water partition coefficient (Wildman–Crippen LogP) is 14.7. The van der Waals surface area contributed by atoms with E-state index in [1.165, 1.54) is 135 Å². The van der Waals surface area contributed by atoms with E-state index in [2.05, 4.69) is 45.1 Å².